The van der Waals surface area contributed by atoms with Crippen LogP contribution in [0.1, 0.15) is 31.7 Å². The van der Waals surface area contributed by atoms with E-state index < -0.39 is 5.97 Å². The summed E-state index contributed by atoms with van der Waals surface area (Å²) in [6.07, 6.45) is 3.95. The Bertz CT molecular complexity index is 524. The topological polar surface area (TPSA) is 77.2 Å². The van der Waals surface area contributed by atoms with Crippen LogP contribution in [0.3, 0.4) is 0 Å². The number of piperidine rings is 1. The van der Waals surface area contributed by atoms with E-state index in [0.29, 0.717) is 11.5 Å². The molecule has 1 aliphatic heterocycles. The predicted octanol–water partition coefficient (Wildman–Crippen LogP) is 2.28. The monoisotopic (exact) mass is 273 g/mol. The minimum atomic E-state index is -0.745. The van der Waals surface area contributed by atoms with Gasteiger partial charge in [0.15, 0.2) is 0 Å². The fourth-order valence-corrected chi connectivity index (χ4v) is 2.85. The molecule has 2 unspecified atom stereocenters. The molecule has 106 valence electrons. The van der Waals surface area contributed by atoms with Crippen LogP contribution in [0.5, 0.6) is 0 Å². The Morgan fingerprint density at radius 3 is 3.20 bits per heavy atom. The van der Waals surface area contributed by atoms with Crippen molar-refractivity contribution in [3.8, 4) is 6.07 Å². The van der Waals surface area contributed by atoms with Crippen LogP contribution in [0.15, 0.2) is 18.3 Å². The number of aromatic nitrogens is 1. The number of hydrogen-bond acceptors (Lipinski definition) is 4. The lowest BCUT2D eigenvalue weighted by Crippen LogP contribution is -2.39. The van der Waals surface area contributed by atoms with Crippen LogP contribution in [0, 0.1) is 23.2 Å². The van der Waals surface area contributed by atoms with Gasteiger partial charge in [-0.05, 0) is 36.8 Å². The molecule has 5 heteroatoms. The zero-order chi connectivity index (χ0) is 14.5. The second-order valence-corrected chi connectivity index (χ2v) is 5.41. The lowest BCUT2D eigenvalue weighted by atomic mass is 9.84. The molecule has 2 atom stereocenters. The van der Waals surface area contributed by atoms with E-state index in [1.807, 2.05) is 6.92 Å². The summed E-state index contributed by atoms with van der Waals surface area (Å²) in [4.78, 5) is 17.3. The molecule has 1 fully saturated rings. The molecular formula is C15H19N3O2. The van der Waals surface area contributed by atoms with Crippen molar-refractivity contribution in [3.63, 3.8) is 0 Å². The highest BCUT2D eigenvalue weighted by Gasteiger charge is 2.27. The molecule has 2 heterocycles. The summed E-state index contributed by atoms with van der Waals surface area (Å²) in [6, 6.07) is 5.70. The van der Waals surface area contributed by atoms with Gasteiger partial charge in [0.1, 0.15) is 11.9 Å². The second kappa shape index (κ2) is 6.38. The van der Waals surface area contributed by atoms with Crippen LogP contribution in [0.4, 0.5) is 5.82 Å². The zero-order valence-corrected chi connectivity index (χ0v) is 11.6. The fraction of sp³-hybridized carbons (Fsp3) is 0.533. The van der Waals surface area contributed by atoms with Crippen LogP contribution in [-0.4, -0.2) is 29.1 Å². The molecule has 2 rings (SSSR count). The van der Waals surface area contributed by atoms with Crippen LogP contribution in [0.25, 0.3) is 0 Å². The average molecular weight is 273 g/mol. The Labute approximate surface area is 118 Å². The van der Waals surface area contributed by atoms with Crippen molar-refractivity contribution < 1.29 is 9.90 Å². The zero-order valence-electron chi connectivity index (χ0n) is 11.6. The van der Waals surface area contributed by atoms with E-state index in [9.17, 15) is 4.79 Å². The van der Waals surface area contributed by atoms with Crippen LogP contribution < -0.4 is 4.90 Å². The normalized spacial score (nSPS) is 20.2. The summed E-state index contributed by atoms with van der Waals surface area (Å²) < 4.78 is 0. The van der Waals surface area contributed by atoms with E-state index in [1.165, 1.54) is 0 Å². The quantitative estimate of drug-likeness (QED) is 0.910. The Morgan fingerprint density at radius 2 is 2.50 bits per heavy atom. The summed E-state index contributed by atoms with van der Waals surface area (Å²) in [5.74, 6) is 0.463. The maximum Gasteiger partial charge on any atom is 0.303 e. The highest BCUT2D eigenvalue weighted by atomic mass is 16.4. The van der Waals surface area contributed by atoms with Gasteiger partial charge < -0.3 is 10.0 Å². The van der Waals surface area contributed by atoms with Crippen molar-refractivity contribution in [2.24, 2.45) is 11.8 Å². The Kier molecular flexibility index (Phi) is 4.57. The minimum Gasteiger partial charge on any atom is -0.481 e. The number of pyridine rings is 1. The molecule has 5 nitrogen and oxygen atoms in total. The number of aliphatic carboxylic acids is 1. The molecule has 1 aliphatic rings. The summed E-state index contributed by atoms with van der Waals surface area (Å²) in [5.41, 5.74) is 0.582. The van der Waals surface area contributed by atoms with Gasteiger partial charge >= 0.3 is 5.97 Å². The van der Waals surface area contributed by atoms with Gasteiger partial charge in [0.05, 0.1) is 5.56 Å². The number of carbonyl (C=O) groups is 1. The Morgan fingerprint density at radius 1 is 1.70 bits per heavy atom. The largest absolute Gasteiger partial charge is 0.481 e. The molecule has 1 saturated heterocycles. The van der Waals surface area contributed by atoms with Crippen molar-refractivity contribution in [2.75, 3.05) is 18.0 Å². The smallest absolute Gasteiger partial charge is 0.303 e. The first kappa shape index (κ1) is 14.3. The molecule has 0 spiro atoms. The Balaban J connectivity index is 2.11. The minimum absolute atomic E-state index is 0.143. The molecule has 0 radical (unpaired) electrons. The van der Waals surface area contributed by atoms with Gasteiger partial charge in [0.2, 0.25) is 0 Å². The van der Waals surface area contributed by atoms with E-state index in [4.69, 9.17) is 10.4 Å². The van der Waals surface area contributed by atoms with Crippen molar-refractivity contribution in [2.45, 2.75) is 26.2 Å². The van der Waals surface area contributed by atoms with Gasteiger partial charge in [0, 0.05) is 25.7 Å². The SMILES string of the molecule is CC(CC(=O)O)C1CCCN(c2ncccc2C#N)C1. The fourth-order valence-electron chi connectivity index (χ4n) is 2.85. The first-order chi connectivity index (χ1) is 9.61. The van der Waals surface area contributed by atoms with Crippen molar-refractivity contribution >= 4 is 11.8 Å². The van der Waals surface area contributed by atoms with Crippen molar-refractivity contribution in [3.05, 3.63) is 23.9 Å². The summed E-state index contributed by atoms with van der Waals surface area (Å²) in [7, 11) is 0. The van der Waals surface area contributed by atoms with E-state index in [0.717, 1.165) is 31.7 Å². The van der Waals surface area contributed by atoms with Gasteiger partial charge in [-0.3, -0.25) is 4.79 Å². The lowest BCUT2D eigenvalue weighted by molar-refractivity contribution is -0.138. The van der Waals surface area contributed by atoms with Crippen LogP contribution in [-0.2, 0) is 4.79 Å². The first-order valence-corrected chi connectivity index (χ1v) is 6.93. The predicted molar refractivity (Wildman–Crippen MR) is 75.3 cm³/mol. The lowest BCUT2D eigenvalue weighted by Gasteiger charge is -2.36. The number of carboxylic acids is 1. The highest BCUT2D eigenvalue weighted by molar-refractivity contribution is 5.67. The molecular weight excluding hydrogens is 254 g/mol. The molecule has 20 heavy (non-hydrogen) atoms. The van der Waals surface area contributed by atoms with Crippen molar-refractivity contribution in [1.82, 2.24) is 4.98 Å². The number of hydrogen-bond donors (Lipinski definition) is 1. The molecule has 1 N–H and O–H groups in total. The van der Waals surface area contributed by atoms with Gasteiger partial charge in [0.25, 0.3) is 0 Å². The molecule has 0 bridgehead atoms. The maximum absolute atomic E-state index is 10.8. The van der Waals surface area contributed by atoms with E-state index >= 15 is 0 Å². The number of anilines is 1. The second-order valence-electron chi connectivity index (χ2n) is 5.41. The molecule has 1 aromatic rings. The van der Waals surface area contributed by atoms with Gasteiger partial charge in [-0.15, -0.1) is 0 Å². The average Bonchev–Trinajstić information content (AvgIpc) is 2.46. The van der Waals surface area contributed by atoms with Gasteiger partial charge in [-0.25, -0.2) is 4.98 Å². The third-order valence-corrected chi connectivity index (χ3v) is 3.97. The van der Waals surface area contributed by atoms with Crippen LogP contribution in [0.2, 0.25) is 0 Å². The van der Waals surface area contributed by atoms with E-state index in [-0.39, 0.29) is 12.3 Å². The summed E-state index contributed by atoms with van der Waals surface area (Å²) in [6.45, 7) is 3.65. The first-order valence-electron chi connectivity index (χ1n) is 6.93. The number of nitriles is 1. The highest BCUT2D eigenvalue weighted by Crippen LogP contribution is 2.29. The van der Waals surface area contributed by atoms with Crippen LogP contribution >= 0.6 is 0 Å². The summed E-state index contributed by atoms with van der Waals surface area (Å²) >= 11 is 0. The van der Waals surface area contributed by atoms with E-state index in [1.54, 1.807) is 18.3 Å². The maximum atomic E-state index is 10.8. The van der Waals surface area contributed by atoms with Crippen molar-refractivity contribution in [1.29, 1.82) is 5.26 Å². The molecule has 0 aliphatic carbocycles. The Hall–Kier alpha value is -2.09. The number of nitrogens with zero attached hydrogens (tertiary/aromatic N) is 3. The van der Waals surface area contributed by atoms with Gasteiger partial charge in [-0.1, -0.05) is 6.92 Å². The number of rotatable bonds is 4. The molecule has 0 saturated carbocycles. The standard InChI is InChI=1S/C15H19N3O2/c1-11(8-14(19)20)13-5-3-7-18(10-13)15-12(9-16)4-2-6-17-15/h2,4,6,11,13H,3,5,7-8,10H2,1H3,(H,19,20). The molecule has 1 aromatic heterocycles. The number of carboxylic acid groups (broad SMARTS) is 1. The van der Waals surface area contributed by atoms with E-state index in [2.05, 4.69) is 16.0 Å². The van der Waals surface area contributed by atoms with Gasteiger partial charge in [-0.2, -0.15) is 5.26 Å². The summed E-state index contributed by atoms with van der Waals surface area (Å²) in [5, 5.41) is 18.1. The molecule has 0 aromatic carbocycles. The molecule has 0 amide bonds. The third kappa shape index (κ3) is 3.27. The third-order valence-electron chi connectivity index (χ3n) is 3.97.